The van der Waals surface area contributed by atoms with Crippen molar-refractivity contribution in [2.45, 2.75) is 6.42 Å². The van der Waals surface area contributed by atoms with Crippen LogP contribution in [0.15, 0.2) is 12.1 Å². The van der Waals surface area contributed by atoms with Gasteiger partial charge in [0.2, 0.25) is 0 Å². The van der Waals surface area contributed by atoms with Crippen molar-refractivity contribution in [3.63, 3.8) is 0 Å². The van der Waals surface area contributed by atoms with Crippen molar-refractivity contribution in [1.29, 1.82) is 0 Å². The van der Waals surface area contributed by atoms with Gasteiger partial charge in [-0.05, 0) is 18.1 Å². The Morgan fingerprint density at radius 2 is 1.76 bits per heavy atom. The van der Waals surface area contributed by atoms with Crippen LogP contribution in [0.2, 0.25) is 0 Å². The molecular formula is C12H18FNO3. The molecule has 0 aliphatic rings. The van der Waals surface area contributed by atoms with E-state index < -0.39 is 0 Å². The summed E-state index contributed by atoms with van der Waals surface area (Å²) in [6, 6.07) is 2.94. The zero-order valence-electron chi connectivity index (χ0n) is 10.2. The molecule has 0 aliphatic heterocycles. The average molecular weight is 243 g/mol. The Morgan fingerprint density at radius 1 is 1.12 bits per heavy atom. The number of nitrogens with two attached hydrogens (primary N) is 1. The van der Waals surface area contributed by atoms with E-state index >= 15 is 0 Å². The third-order valence-electron chi connectivity index (χ3n) is 2.33. The van der Waals surface area contributed by atoms with Crippen LogP contribution in [0.5, 0.6) is 11.5 Å². The first-order valence-electron chi connectivity index (χ1n) is 5.41. The number of hydrogen-bond acceptors (Lipinski definition) is 4. The maximum atomic E-state index is 13.6. The third kappa shape index (κ3) is 3.87. The summed E-state index contributed by atoms with van der Waals surface area (Å²) in [4.78, 5) is 0. The monoisotopic (exact) mass is 243 g/mol. The van der Waals surface area contributed by atoms with Crippen molar-refractivity contribution >= 4 is 0 Å². The summed E-state index contributed by atoms with van der Waals surface area (Å²) < 4.78 is 29.0. The van der Waals surface area contributed by atoms with Gasteiger partial charge in [0.15, 0.2) is 11.5 Å². The molecule has 2 N–H and O–H groups in total. The van der Waals surface area contributed by atoms with Gasteiger partial charge in [-0.15, -0.1) is 0 Å². The molecule has 0 saturated heterocycles. The molecule has 4 nitrogen and oxygen atoms in total. The minimum Gasteiger partial charge on any atom is -0.493 e. The summed E-state index contributed by atoms with van der Waals surface area (Å²) in [5.74, 6) is 0.582. The number of halogens is 1. The quantitative estimate of drug-likeness (QED) is 0.735. The molecule has 96 valence electrons. The standard InChI is InChI=1S/C12H18FNO3/c1-15-11-7-9(3-5-17-6-4-14)10(13)8-12(11)16-2/h7-8H,3-6,14H2,1-2H3. The largest absolute Gasteiger partial charge is 0.493 e. The van der Waals surface area contributed by atoms with E-state index in [1.165, 1.54) is 20.3 Å². The highest BCUT2D eigenvalue weighted by atomic mass is 19.1. The Labute approximate surface area is 100 Å². The lowest BCUT2D eigenvalue weighted by atomic mass is 10.1. The second kappa shape index (κ2) is 7.09. The van der Waals surface area contributed by atoms with Crippen molar-refractivity contribution in [1.82, 2.24) is 0 Å². The molecule has 0 saturated carbocycles. The van der Waals surface area contributed by atoms with Crippen LogP contribution in [0.3, 0.4) is 0 Å². The Balaban J connectivity index is 2.71. The molecule has 0 amide bonds. The molecule has 0 aromatic heterocycles. The molecule has 0 atom stereocenters. The van der Waals surface area contributed by atoms with Crippen molar-refractivity contribution in [2.24, 2.45) is 5.73 Å². The minimum absolute atomic E-state index is 0.320. The minimum atomic E-state index is -0.320. The maximum absolute atomic E-state index is 13.6. The summed E-state index contributed by atoms with van der Waals surface area (Å²) in [6.07, 6.45) is 0.478. The van der Waals surface area contributed by atoms with Crippen molar-refractivity contribution in [2.75, 3.05) is 34.0 Å². The Morgan fingerprint density at radius 3 is 2.35 bits per heavy atom. The first-order chi connectivity index (χ1) is 8.22. The molecule has 1 aromatic carbocycles. The number of rotatable bonds is 7. The van der Waals surface area contributed by atoms with Crippen LogP contribution in [-0.2, 0) is 11.2 Å². The number of ether oxygens (including phenoxy) is 3. The van der Waals surface area contributed by atoms with Crippen molar-refractivity contribution in [3.05, 3.63) is 23.5 Å². The van der Waals surface area contributed by atoms with E-state index in [2.05, 4.69) is 0 Å². The molecule has 0 fully saturated rings. The smallest absolute Gasteiger partial charge is 0.163 e. The van der Waals surface area contributed by atoms with Crippen LogP contribution < -0.4 is 15.2 Å². The fourth-order valence-corrected chi connectivity index (χ4v) is 1.46. The zero-order valence-corrected chi connectivity index (χ0v) is 10.2. The van der Waals surface area contributed by atoms with Crippen LogP contribution in [-0.4, -0.2) is 34.0 Å². The van der Waals surface area contributed by atoms with Crippen molar-refractivity contribution < 1.29 is 18.6 Å². The highest BCUT2D eigenvalue weighted by Gasteiger charge is 2.10. The van der Waals surface area contributed by atoms with E-state index in [1.54, 1.807) is 6.07 Å². The summed E-state index contributed by atoms with van der Waals surface area (Å²) in [6.45, 7) is 1.38. The lowest BCUT2D eigenvalue weighted by Gasteiger charge is -2.11. The van der Waals surface area contributed by atoms with Gasteiger partial charge in [-0.1, -0.05) is 0 Å². The van der Waals surface area contributed by atoms with E-state index in [9.17, 15) is 4.39 Å². The van der Waals surface area contributed by atoms with Gasteiger partial charge in [0.25, 0.3) is 0 Å². The van der Waals surface area contributed by atoms with Gasteiger partial charge in [-0.25, -0.2) is 4.39 Å². The lowest BCUT2D eigenvalue weighted by molar-refractivity contribution is 0.144. The average Bonchev–Trinajstić information content (AvgIpc) is 2.35. The van der Waals surface area contributed by atoms with Gasteiger partial charge in [-0.3, -0.25) is 0 Å². The van der Waals surface area contributed by atoms with E-state index in [0.29, 0.717) is 43.2 Å². The van der Waals surface area contributed by atoms with Gasteiger partial charge in [0, 0.05) is 12.6 Å². The van der Waals surface area contributed by atoms with E-state index in [-0.39, 0.29) is 5.82 Å². The summed E-state index contributed by atoms with van der Waals surface area (Å²) in [7, 11) is 2.99. The van der Waals surface area contributed by atoms with Crippen LogP contribution in [0, 0.1) is 5.82 Å². The maximum Gasteiger partial charge on any atom is 0.163 e. The predicted octanol–water partition coefficient (Wildman–Crippen LogP) is 1.36. The van der Waals surface area contributed by atoms with E-state index in [1.807, 2.05) is 0 Å². The molecule has 0 aliphatic carbocycles. The fourth-order valence-electron chi connectivity index (χ4n) is 1.46. The first kappa shape index (κ1) is 13.7. The Kier molecular flexibility index (Phi) is 5.72. The number of benzene rings is 1. The third-order valence-corrected chi connectivity index (χ3v) is 2.33. The van der Waals surface area contributed by atoms with E-state index in [0.717, 1.165) is 0 Å². The molecule has 0 heterocycles. The molecule has 0 bridgehead atoms. The van der Waals surface area contributed by atoms with Gasteiger partial charge in [0.1, 0.15) is 5.82 Å². The Hall–Kier alpha value is -1.33. The van der Waals surface area contributed by atoms with Gasteiger partial charge in [0.05, 0.1) is 27.4 Å². The molecule has 0 unspecified atom stereocenters. The molecule has 17 heavy (non-hydrogen) atoms. The van der Waals surface area contributed by atoms with Gasteiger partial charge in [-0.2, -0.15) is 0 Å². The highest BCUT2D eigenvalue weighted by molar-refractivity contribution is 5.43. The second-order valence-corrected chi connectivity index (χ2v) is 3.45. The lowest BCUT2D eigenvalue weighted by Crippen LogP contribution is -2.10. The van der Waals surface area contributed by atoms with Crippen LogP contribution in [0.4, 0.5) is 4.39 Å². The van der Waals surface area contributed by atoms with Gasteiger partial charge < -0.3 is 19.9 Å². The molecule has 0 radical (unpaired) electrons. The SMILES string of the molecule is COc1cc(F)c(CCOCCN)cc1OC. The predicted molar refractivity (Wildman–Crippen MR) is 63.1 cm³/mol. The summed E-state index contributed by atoms with van der Waals surface area (Å²) in [5.41, 5.74) is 5.83. The van der Waals surface area contributed by atoms with Crippen LogP contribution in [0.1, 0.15) is 5.56 Å². The van der Waals surface area contributed by atoms with Crippen molar-refractivity contribution in [3.8, 4) is 11.5 Å². The topological polar surface area (TPSA) is 53.7 Å². The first-order valence-corrected chi connectivity index (χ1v) is 5.41. The number of hydrogen-bond donors (Lipinski definition) is 1. The Bertz CT molecular complexity index is 358. The highest BCUT2D eigenvalue weighted by Crippen LogP contribution is 2.29. The fraction of sp³-hybridized carbons (Fsp3) is 0.500. The normalized spacial score (nSPS) is 10.4. The second-order valence-electron chi connectivity index (χ2n) is 3.45. The summed E-state index contributed by atoms with van der Waals surface area (Å²) in [5, 5.41) is 0. The van der Waals surface area contributed by atoms with Crippen LogP contribution in [0.25, 0.3) is 0 Å². The summed E-state index contributed by atoms with van der Waals surface area (Å²) >= 11 is 0. The molecule has 5 heteroatoms. The molecule has 1 aromatic rings. The molecule has 1 rings (SSSR count). The van der Waals surface area contributed by atoms with Gasteiger partial charge >= 0.3 is 0 Å². The van der Waals surface area contributed by atoms with E-state index in [4.69, 9.17) is 19.9 Å². The molecular weight excluding hydrogens is 225 g/mol. The number of methoxy groups -OCH3 is 2. The molecule has 0 spiro atoms. The zero-order chi connectivity index (χ0) is 12.7. The van der Waals surface area contributed by atoms with Crippen LogP contribution >= 0.6 is 0 Å².